The van der Waals surface area contributed by atoms with Gasteiger partial charge in [-0.15, -0.1) is 10.2 Å². The summed E-state index contributed by atoms with van der Waals surface area (Å²) in [6.07, 6.45) is 4.67. The van der Waals surface area contributed by atoms with E-state index in [1.165, 1.54) is 0 Å². The number of rotatable bonds is 5. The highest BCUT2D eigenvalue weighted by Gasteiger charge is 2.05. The highest BCUT2D eigenvalue weighted by Crippen LogP contribution is 2.22. The Hall–Kier alpha value is -1.33. The summed E-state index contributed by atoms with van der Waals surface area (Å²) in [4.78, 5) is 3.98. The molecule has 0 spiro atoms. The van der Waals surface area contributed by atoms with Crippen LogP contribution in [-0.2, 0) is 6.54 Å². The van der Waals surface area contributed by atoms with Crippen LogP contribution in [0.25, 0.3) is 10.6 Å². The lowest BCUT2D eigenvalue weighted by molar-refractivity contribution is 0.668. The van der Waals surface area contributed by atoms with Gasteiger partial charge in [-0.1, -0.05) is 18.3 Å². The monoisotopic (exact) mass is 234 g/mol. The molecule has 2 aromatic rings. The Kier molecular flexibility index (Phi) is 3.96. The van der Waals surface area contributed by atoms with Gasteiger partial charge in [0.05, 0.1) is 0 Å². The second kappa shape index (κ2) is 5.67. The van der Waals surface area contributed by atoms with Crippen LogP contribution >= 0.6 is 11.3 Å². The molecule has 2 aromatic heterocycles. The van der Waals surface area contributed by atoms with Crippen LogP contribution < -0.4 is 5.32 Å². The van der Waals surface area contributed by atoms with Gasteiger partial charge in [-0.2, -0.15) is 0 Å². The van der Waals surface area contributed by atoms with Crippen LogP contribution in [0.2, 0.25) is 0 Å². The van der Waals surface area contributed by atoms with Crippen LogP contribution in [-0.4, -0.2) is 21.7 Å². The molecular formula is C11H14N4S. The first-order valence-electron chi connectivity index (χ1n) is 5.33. The van der Waals surface area contributed by atoms with E-state index < -0.39 is 0 Å². The Bertz CT molecular complexity index is 427. The molecule has 0 saturated carbocycles. The number of hydrogen-bond donors (Lipinski definition) is 1. The quantitative estimate of drug-likeness (QED) is 0.805. The predicted molar refractivity (Wildman–Crippen MR) is 65.1 cm³/mol. The van der Waals surface area contributed by atoms with Gasteiger partial charge in [0, 0.05) is 24.5 Å². The number of pyridine rings is 1. The highest BCUT2D eigenvalue weighted by atomic mass is 32.1. The van der Waals surface area contributed by atoms with Gasteiger partial charge in [0.25, 0.3) is 0 Å². The molecule has 0 amide bonds. The van der Waals surface area contributed by atoms with E-state index in [1.54, 1.807) is 23.7 Å². The maximum atomic E-state index is 4.17. The van der Waals surface area contributed by atoms with Crippen molar-refractivity contribution in [3.05, 3.63) is 29.5 Å². The zero-order valence-corrected chi connectivity index (χ0v) is 10.00. The fourth-order valence-corrected chi connectivity index (χ4v) is 2.12. The minimum atomic E-state index is 0.802. The number of nitrogens with zero attached hydrogens (tertiary/aromatic N) is 3. The van der Waals surface area contributed by atoms with Crippen LogP contribution in [0.3, 0.4) is 0 Å². The summed E-state index contributed by atoms with van der Waals surface area (Å²) in [5.74, 6) is 0. The maximum absolute atomic E-state index is 4.17. The summed E-state index contributed by atoms with van der Waals surface area (Å²) in [5.41, 5.74) is 1.08. The molecule has 2 rings (SSSR count). The molecule has 84 valence electrons. The second-order valence-corrected chi connectivity index (χ2v) is 4.48. The summed E-state index contributed by atoms with van der Waals surface area (Å²) in [6, 6.07) is 3.90. The molecule has 0 aliphatic carbocycles. The third-order valence-corrected chi connectivity index (χ3v) is 3.07. The van der Waals surface area contributed by atoms with Gasteiger partial charge in [0.2, 0.25) is 0 Å². The van der Waals surface area contributed by atoms with E-state index in [-0.39, 0.29) is 0 Å². The van der Waals surface area contributed by atoms with Crippen molar-refractivity contribution in [2.75, 3.05) is 6.54 Å². The predicted octanol–water partition coefficient (Wildman–Crippen LogP) is 2.10. The van der Waals surface area contributed by atoms with Gasteiger partial charge in [-0.3, -0.25) is 4.98 Å². The van der Waals surface area contributed by atoms with E-state index in [9.17, 15) is 0 Å². The summed E-state index contributed by atoms with van der Waals surface area (Å²) in [5, 5.41) is 13.6. The Morgan fingerprint density at radius 2 is 2.06 bits per heavy atom. The Morgan fingerprint density at radius 1 is 1.25 bits per heavy atom. The molecule has 0 unspecified atom stereocenters. The van der Waals surface area contributed by atoms with Crippen molar-refractivity contribution in [1.82, 2.24) is 20.5 Å². The van der Waals surface area contributed by atoms with Gasteiger partial charge >= 0.3 is 0 Å². The first kappa shape index (κ1) is 11.2. The van der Waals surface area contributed by atoms with Crippen LogP contribution in [0.4, 0.5) is 0 Å². The largest absolute Gasteiger partial charge is 0.310 e. The molecule has 0 saturated heterocycles. The Labute approximate surface area is 98.8 Å². The molecule has 0 bridgehead atoms. The van der Waals surface area contributed by atoms with Crippen molar-refractivity contribution in [3.8, 4) is 10.6 Å². The SMILES string of the molecule is CCCNCc1nnc(-c2ccncc2)s1. The summed E-state index contributed by atoms with van der Waals surface area (Å²) < 4.78 is 0. The molecule has 2 heterocycles. The lowest BCUT2D eigenvalue weighted by Crippen LogP contribution is -2.13. The normalized spacial score (nSPS) is 10.6. The minimum Gasteiger partial charge on any atom is -0.310 e. The van der Waals surface area contributed by atoms with Gasteiger partial charge in [-0.05, 0) is 25.1 Å². The maximum Gasteiger partial charge on any atom is 0.147 e. The fraction of sp³-hybridized carbons (Fsp3) is 0.364. The standard InChI is InChI=1S/C11H14N4S/c1-2-5-13-8-10-14-15-11(16-10)9-3-6-12-7-4-9/h3-4,6-7,13H,2,5,8H2,1H3. The zero-order chi connectivity index (χ0) is 11.2. The van der Waals surface area contributed by atoms with Crippen molar-refractivity contribution in [2.24, 2.45) is 0 Å². The second-order valence-electron chi connectivity index (χ2n) is 3.41. The summed E-state index contributed by atoms with van der Waals surface area (Å²) >= 11 is 1.62. The molecule has 4 nitrogen and oxygen atoms in total. The van der Waals surface area contributed by atoms with E-state index in [0.717, 1.165) is 35.1 Å². The first-order valence-corrected chi connectivity index (χ1v) is 6.15. The molecule has 0 fully saturated rings. The topological polar surface area (TPSA) is 50.7 Å². The van der Waals surface area contributed by atoms with Gasteiger partial charge in [0.15, 0.2) is 0 Å². The minimum absolute atomic E-state index is 0.802. The first-order chi connectivity index (χ1) is 7.90. The highest BCUT2D eigenvalue weighted by molar-refractivity contribution is 7.14. The average Bonchev–Trinajstić information content (AvgIpc) is 2.79. The molecule has 0 aliphatic rings. The lowest BCUT2D eigenvalue weighted by Gasteiger charge is -1.96. The summed E-state index contributed by atoms with van der Waals surface area (Å²) in [7, 11) is 0. The third kappa shape index (κ3) is 2.84. The summed E-state index contributed by atoms with van der Waals surface area (Å²) in [6.45, 7) is 3.97. The van der Waals surface area contributed by atoms with Gasteiger partial charge in [-0.25, -0.2) is 0 Å². The van der Waals surface area contributed by atoms with Gasteiger partial charge in [0.1, 0.15) is 10.0 Å². The molecule has 0 radical (unpaired) electrons. The molecule has 0 aromatic carbocycles. The zero-order valence-electron chi connectivity index (χ0n) is 9.18. The van der Waals surface area contributed by atoms with Crippen molar-refractivity contribution < 1.29 is 0 Å². The van der Waals surface area contributed by atoms with Crippen molar-refractivity contribution in [1.29, 1.82) is 0 Å². The lowest BCUT2D eigenvalue weighted by atomic mass is 10.3. The van der Waals surface area contributed by atoms with E-state index >= 15 is 0 Å². The third-order valence-electron chi connectivity index (χ3n) is 2.10. The van der Waals surface area contributed by atoms with Crippen LogP contribution in [0, 0.1) is 0 Å². The Morgan fingerprint density at radius 3 is 2.81 bits per heavy atom. The van der Waals surface area contributed by atoms with Crippen LogP contribution in [0.1, 0.15) is 18.4 Å². The molecule has 0 atom stereocenters. The Balaban J connectivity index is 2.02. The molecule has 16 heavy (non-hydrogen) atoms. The van der Waals surface area contributed by atoms with Crippen molar-refractivity contribution in [3.63, 3.8) is 0 Å². The molecule has 0 aliphatic heterocycles. The molecule has 1 N–H and O–H groups in total. The smallest absolute Gasteiger partial charge is 0.147 e. The van der Waals surface area contributed by atoms with E-state index in [4.69, 9.17) is 0 Å². The van der Waals surface area contributed by atoms with E-state index in [1.807, 2.05) is 12.1 Å². The van der Waals surface area contributed by atoms with Crippen LogP contribution in [0.5, 0.6) is 0 Å². The number of hydrogen-bond acceptors (Lipinski definition) is 5. The molecular weight excluding hydrogens is 220 g/mol. The number of nitrogens with one attached hydrogen (secondary N) is 1. The van der Waals surface area contributed by atoms with E-state index in [0.29, 0.717) is 0 Å². The van der Waals surface area contributed by atoms with E-state index in [2.05, 4.69) is 27.4 Å². The van der Waals surface area contributed by atoms with Crippen molar-refractivity contribution >= 4 is 11.3 Å². The van der Waals surface area contributed by atoms with Gasteiger partial charge < -0.3 is 5.32 Å². The van der Waals surface area contributed by atoms with Crippen LogP contribution in [0.15, 0.2) is 24.5 Å². The molecule has 5 heteroatoms. The number of aromatic nitrogens is 3. The average molecular weight is 234 g/mol. The fourth-order valence-electron chi connectivity index (χ4n) is 1.31. The van der Waals surface area contributed by atoms with Crippen molar-refractivity contribution in [2.45, 2.75) is 19.9 Å².